The number of aromatic hydroxyl groups is 1. The van der Waals surface area contributed by atoms with E-state index in [2.05, 4.69) is 121 Å². The molecule has 2 aromatic carbocycles. The largest absolute Gasteiger partial charge is 0.507 e. The number of hydrogen-bond donors (Lipinski definition) is 1. The Labute approximate surface area is 226 Å². The Morgan fingerprint density at radius 3 is 1.51 bits per heavy atom. The van der Waals surface area contributed by atoms with Gasteiger partial charge in [-0.05, 0) is 45.3 Å². The van der Waals surface area contributed by atoms with Crippen LogP contribution in [0.4, 0.5) is 0 Å². The summed E-state index contributed by atoms with van der Waals surface area (Å²) in [6, 6.07) is 8.59. The summed E-state index contributed by atoms with van der Waals surface area (Å²) < 4.78 is 6.09. The first-order valence-electron chi connectivity index (χ1n) is 13.4. The highest BCUT2D eigenvalue weighted by Gasteiger charge is 2.32. The van der Waals surface area contributed by atoms with Crippen LogP contribution in [0.3, 0.4) is 0 Å². The van der Waals surface area contributed by atoms with Gasteiger partial charge in [0.1, 0.15) is 11.5 Å². The van der Waals surface area contributed by atoms with Crippen LogP contribution < -0.4 is 4.74 Å². The molecule has 0 fully saturated rings. The molecule has 0 aliphatic carbocycles. The van der Waals surface area contributed by atoms with Gasteiger partial charge in [-0.3, -0.25) is 0 Å². The molecule has 0 saturated carbocycles. The van der Waals surface area contributed by atoms with Gasteiger partial charge >= 0.3 is 5.97 Å². The zero-order chi connectivity index (χ0) is 28.9. The lowest BCUT2D eigenvalue weighted by Crippen LogP contribution is -2.22. The molecule has 3 heteroatoms. The van der Waals surface area contributed by atoms with E-state index in [1.165, 1.54) is 5.56 Å². The van der Waals surface area contributed by atoms with Gasteiger partial charge in [-0.25, -0.2) is 4.79 Å². The summed E-state index contributed by atoms with van der Waals surface area (Å²) in [7, 11) is 0. The van der Waals surface area contributed by atoms with E-state index in [4.69, 9.17) is 4.74 Å². The van der Waals surface area contributed by atoms with E-state index in [-0.39, 0.29) is 27.6 Å². The van der Waals surface area contributed by atoms with Crippen LogP contribution in [0.2, 0.25) is 0 Å². The molecule has 3 nitrogen and oxygen atoms in total. The van der Waals surface area contributed by atoms with Crippen LogP contribution in [0.25, 0.3) is 0 Å². The van der Waals surface area contributed by atoms with Crippen LogP contribution in [0.5, 0.6) is 11.5 Å². The van der Waals surface area contributed by atoms with Crippen molar-refractivity contribution in [2.24, 2.45) is 0 Å². The van der Waals surface area contributed by atoms with Crippen molar-refractivity contribution >= 4 is 5.97 Å². The zero-order valence-corrected chi connectivity index (χ0v) is 25.9. The molecular weight excluding hydrogens is 456 g/mol. The van der Waals surface area contributed by atoms with E-state index in [1.54, 1.807) is 6.92 Å². The summed E-state index contributed by atoms with van der Waals surface area (Å²) in [6.45, 7) is 33.5. The minimum atomic E-state index is -0.439. The van der Waals surface area contributed by atoms with E-state index in [9.17, 15) is 9.90 Å². The molecular formula is C34H50O3. The monoisotopic (exact) mass is 506 g/mol. The van der Waals surface area contributed by atoms with Gasteiger partial charge in [-0.1, -0.05) is 121 Å². The van der Waals surface area contributed by atoms with Gasteiger partial charge < -0.3 is 9.84 Å². The Hall–Kier alpha value is -2.55. The van der Waals surface area contributed by atoms with E-state index >= 15 is 0 Å². The molecule has 0 aliphatic heterocycles. The first kappa shape index (κ1) is 30.7. The fourth-order valence-corrected chi connectivity index (χ4v) is 4.42. The minimum Gasteiger partial charge on any atom is -0.507 e. The van der Waals surface area contributed by atoms with Gasteiger partial charge in [-0.2, -0.15) is 0 Å². The van der Waals surface area contributed by atoms with Gasteiger partial charge in [0, 0.05) is 28.2 Å². The molecule has 2 aromatic rings. The summed E-state index contributed by atoms with van der Waals surface area (Å²) in [5.74, 6) is 0.216. The standard InChI is InChI=1S/C34H50O3/c1-20(2)30(36)37-29-25(17-23(32(7,8)9)19-27(29)34(13,14)15)21(3)24-16-22(31(4,5)6)18-26(28(24)35)33(10,11)12/h16-19,21,35H,1H2,2-15H3. The summed E-state index contributed by atoms with van der Waals surface area (Å²) in [6.07, 6.45) is 0. The smallest absolute Gasteiger partial charge is 0.338 e. The van der Waals surface area contributed by atoms with Gasteiger partial charge in [0.25, 0.3) is 0 Å². The fraction of sp³-hybridized carbons (Fsp3) is 0.559. The van der Waals surface area contributed by atoms with Crippen LogP contribution in [0.15, 0.2) is 36.4 Å². The molecule has 204 valence electrons. The maximum absolute atomic E-state index is 12.9. The molecule has 0 aromatic heterocycles. The molecule has 0 spiro atoms. The Morgan fingerprint density at radius 2 is 1.14 bits per heavy atom. The minimum absolute atomic E-state index is 0.0960. The SMILES string of the molecule is C=C(C)C(=O)Oc1c(C(C)c2cc(C(C)(C)C)cc(C(C)(C)C)c2O)cc(C(C)(C)C)cc1C(C)(C)C. The second kappa shape index (κ2) is 9.97. The van der Waals surface area contributed by atoms with E-state index < -0.39 is 5.97 Å². The molecule has 0 bridgehead atoms. The van der Waals surface area contributed by atoms with Crippen molar-refractivity contribution in [1.82, 2.24) is 0 Å². The molecule has 0 saturated heterocycles. The van der Waals surface area contributed by atoms with E-state index in [0.29, 0.717) is 17.1 Å². The van der Waals surface area contributed by atoms with Crippen molar-refractivity contribution in [2.45, 2.75) is 125 Å². The number of esters is 1. The Morgan fingerprint density at radius 1 is 0.730 bits per heavy atom. The summed E-state index contributed by atoms with van der Waals surface area (Å²) in [5, 5.41) is 11.6. The highest BCUT2D eigenvalue weighted by atomic mass is 16.5. The van der Waals surface area contributed by atoms with Crippen molar-refractivity contribution in [1.29, 1.82) is 0 Å². The molecule has 0 aliphatic rings. The van der Waals surface area contributed by atoms with Crippen LogP contribution in [0.1, 0.15) is 136 Å². The second-order valence-corrected chi connectivity index (χ2v) is 14.8. The predicted octanol–water partition coefficient (Wildman–Crippen LogP) is 9.22. The average Bonchev–Trinajstić information content (AvgIpc) is 2.69. The normalized spacial score (nSPS) is 13.9. The van der Waals surface area contributed by atoms with E-state index in [0.717, 1.165) is 27.8 Å². The van der Waals surface area contributed by atoms with Gasteiger partial charge in [-0.15, -0.1) is 0 Å². The molecule has 1 atom stereocenters. The third-order valence-corrected chi connectivity index (χ3v) is 7.08. The maximum atomic E-state index is 12.9. The lowest BCUT2D eigenvalue weighted by Gasteiger charge is -2.32. The molecule has 0 heterocycles. The Kier molecular flexibility index (Phi) is 8.26. The van der Waals surface area contributed by atoms with Crippen LogP contribution in [-0.2, 0) is 26.5 Å². The molecule has 2 rings (SSSR count). The fourth-order valence-electron chi connectivity index (χ4n) is 4.42. The average molecular weight is 507 g/mol. The van der Waals surface area contributed by atoms with Gasteiger partial charge in [0.15, 0.2) is 0 Å². The number of rotatable bonds is 4. The van der Waals surface area contributed by atoms with Crippen molar-refractivity contribution in [3.8, 4) is 11.5 Å². The summed E-state index contributed by atoms with van der Waals surface area (Å²) in [5.41, 5.74) is 5.60. The maximum Gasteiger partial charge on any atom is 0.338 e. The lowest BCUT2D eigenvalue weighted by atomic mass is 9.74. The molecule has 1 unspecified atom stereocenters. The van der Waals surface area contributed by atoms with Crippen LogP contribution in [0, 0.1) is 0 Å². The molecule has 0 radical (unpaired) electrons. The van der Waals surface area contributed by atoms with Crippen LogP contribution in [-0.4, -0.2) is 11.1 Å². The topological polar surface area (TPSA) is 46.5 Å². The number of phenols is 1. The summed E-state index contributed by atoms with van der Waals surface area (Å²) >= 11 is 0. The molecule has 0 amide bonds. The van der Waals surface area contributed by atoms with E-state index in [1.807, 2.05) is 0 Å². The van der Waals surface area contributed by atoms with Gasteiger partial charge in [0.2, 0.25) is 0 Å². The van der Waals surface area contributed by atoms with Crippen molar-refractivity contribution in [3.05, 3.63) is 69.8 Å². The lowest BCUT2D eigenvalue weighted by molar-refractivity contribution is -0.130. The highest BCUT2D eigenvalue weighted by molar-refractivity contribution is 5.89. The Bertz CT molecular complexity index is 1190. The number of benzene rings is 2. The number of ether oxygens (including phenoxy) is 1. The summed E-state index contributed by atoms with van der Waals surface area (Å²) in [4.78, 5) is 12.9. The van der Waals surface area contributed by atoms with Crippen molar-refractivity contribution in [2.75, 3.05) is 0 Å². The van der Waals surface area contributed by atoms with Gasteiger partial charge in [0.05, 0.1) is 0 Å². The number of hydrogen-bond acceptors (Lipinski definition) is 3. The number of phenolic OH excluding ortho intramolecular Hbond substituents is 1. The third kappa shape index (κ3) is 6.86. The molecule has 37 heavy (non-hydrogen) atoms. The second-order valence-electron chi connectivity index (χ2n) is 14.8. The third-order valence-electron chi connectivity index (χ3n) is 7.08. The molecule has 1 N–H and O–H groups in total. The van der Waals surface area contributed by atoms with Crippen molar-refractivity contribution < 1.29 is 14.6 Å². The van der Waals surface area contributed by atoms with Crippen molar-refractivity contribution in [3.63, 3.8) is 0 Å². The number of carbonyl (C=O) groups is 1. The first-order chi connectivity index (χ1) is 16.5. The zero-order valence-electron chi connectivity index (χ0n) is 25.9. The first-order valence-corrected chi connectivity index (χ1v) is 13.4. The quantitative estimate of drug-likeness (QED) is 0.255. The highest BCUT2D eigenvalue weighted by Crippen LogP contribution is 2.47. The predicted molar refractivity (Wildman–Crippen MR) is 157 cm³/mol. The number of carbonyl (C=O) groups excluding carboxylic acids is 1. The van der Waals surface area contributed by atoms with Crippen LogP contribution >= 0.6 is 0 Å². The Balaban J connectivity index is 3.04.